The maximum Gasteiger partial charge on any atom is 0.0355 e. The first-order valence-electron chi connectivity index (χ1n) is 14.1. The standard InChI is InChI=1S/C40H24S/c1-3-7-33-25(5-1)9-11-27-13-15-29(21-35(27)33)31-17-19-39-37(23-31)38-24-32(18-20-40(38)41-39)30-16-14-28-12-10-26-6-2-4-8-34(26)36(28)22-30/h1-24H. The molecule has 0 aliphatic heterocycles. The van der Waals surface area contributed by atoms with Gasteiger partial charge in [0.05, 0.1) is 0 Å². The summed E-state index contributed by atoms with van der Waals surface area (Å²) in [6.07, 6.45) is 0. The molecule has 0 spiro atoms. The molecule has 9 rings (SSSR count). The summed E-state index contributed by atoms with van der Waals surface area (Å²) in [7, 11) is 0. The first-order valence-corrected chi connectivity index (χ1v) is 14.9. The van der Waals surface area contributed by atoms with E-state index in [1.165, 1.54) is 85.5 Å². The molecule has 1 heterocycles. The fourth-order valence-corrected chi connectivity index (χ4v) is 7.57. The van der Waals surface area contributed by atoms with Crippen molar-refractivity contribution in [2.75, 3.05) is 0 Å². The van der Waals surface area contributed by atoms with Crippen molar-refractivity contribution in [3.8, 4) is 22.3 Å². The van der Waals surface area contributed by atoms with E-state index < -0.39 is 0 Å². The van der Waals surface area contributed by atoms with Crippen molar-refractivity contribution in [2.24, 2.45) is 0 Å². The summed E-state index contributed by atoms with van der Waals surface area (Å²) in [6, 6.07) is 53.9. The smallest absolute Gasteiger partial charge is 0.0355 e. The minimum Gasteiger partial charge on any atom is -0.135 e. The van der Waals surface area contributed by atoms with Gasteiger partial charge < -0.3 is 0 Å². The maximum atomic E-state index is 2.39. The van der Waals surface area contributed by atoms with E-state index >= 15 is 0 Å². The van der Waals surface area contributed by atoms with Crippen LogP contribution in [0.5, 0.6) is 0 Å². The molecule has 0 saturated heterocycles. The third kappa shape index (κ3) is 3.60. The fraction of sp³-hybridized carbons (Fsp3) is 0. The molecule has 0 aliphatic carbocycles. The first kappa shape index (κ1) is 22.8. The molecular weight excluding hydrogens is 513 g/mol. The molecule has 1 aromatic heterocycles. The second-order valence-electron chi connectivity index (χ2n) is 11.0. The molecule has 8 aromatic carbocycles. The molecule has 0 amide bonds. The highest BCUT2D eigenvalue weighted by atomic mass is 32.1. The van der Waals surface area contributed by atoms with Crippen molar-refractivity contribution >= 4 is 74.6 Å². The van der Waals surface area contributed by atoms with Crippen molar-refractivity contribution in [1.29, 1.82) is 0 Å². The van der Waals surface area contributed by atoms with Crippen LogP contribution < -0.4 is 0 Å². The van der Waals surface area contributed by atoms with Gasteiger partial charge in [0, 0.05) is 20.2 Å². The van der Waals surface area contributed by atoms with E-state index in [1.807, 2.05) is 11.3 Å². The summed E-state index contributed by atoms with van der Waals surface area (Å²) in [4.78, 5) is 0. The lowest BCUT2D eigenvalue weighted by Gasteiger charge is -2.09. The molecular formula is C40H24S. The normalized spacial score (nSPS) is 11.9. The zero-order valence-corrected chi connectivity index (χ0v) is 23.1. The molecule has 0 nitrogen and oxygen atoms in total. The minimum absolute atomic E-state index is 1.26. The summed E-state index contributed by atoms with van der Waals surface area (Å²) < 4.78 is 2.66. The second-order valence-corrected chi connectivity index (χ2v) is 12.1. The number of hydrogen-bond acceptors (Lipinski definition) is 1. The zero-order chi connectivity index (χ0) is 26.9. The van der Waals surface area contributed by atoms with Gasteiger partial charge in [0.25, 0.3) is 0 Å². The van der Waals surface area contributed by atoms with Crippen LogP contribution in [0.25, 0.3) is 85.5 Å². The van der Waals surface area contributed by atoms with E-state index in [4.69, 9.17) is 0 Å². The average molecular weight is 537 g/mol. The third-order valence-corrected chi connectivity index (χ3v) is 9.78. The van der Waals surface area contributed by atoms with E-state index in [1.54, 1.807) is 0 Å². The van der Waals surface area contributed by atoms with Crippen LogP contribution in [0.15, 0.2) is 146 Å². The average Bonchev–Trinajstić information content (AvgIpc) is 3.41. The van der Waals surface area contributed by atoms with Gasteiger partial charge >= 0.3 is 0 Å². The Morgan fingerprint density at radius 3 is 1.07 bits per heavy atom. The Morgan fingerprint density at radius 1 is 0.268 bits per heavy atom. The van der Waals surface area contributed by atoms with E-state index in [0.29, 0.717) is 0 Å². The highest BCUT2D eigenvalue weighted by Crippen LogP contribution is 2.40. The topological polar surface area (TPSA) is 0 Å². The number of thiophene rings is 1. The van der Waals surface area contributed by atoms with E-state index in [2.05, 4.69) is 146 Å². The summed E-state index contributed by atoms with van der Waals surface area (Å²) in [5.74, 6) is 0. The van der Waals surface area contributed by atoms with Gasteiger partial charge in [-0.2, -0.15) is 0 Å². The molecule has 0 aliphatic rings. The molecule has 1 heteroatoms. The Kier molecular flexibility index (Phi) is 4.87. The lowest BCUT2D eigenvalue weighted by atomic mass is 9.95. The van der Waals surface area contributed by atoms with Crippen LogP contribution in [0.4, 0.5) is 0 Å². The maximum absolute atomic E-state index is 2.39. The molecule has 0 fully saturated rings. The Morgan fingerprint density at radius 2 is 0.610 bits per heavy atom. The quantitative estimate of drug-likeness (QED) is 0.193. The lowest BCUT2D eigenvalue weighted by molar-refractivity contribution is 1.69. The van der Waals surface area contributed by atoms with Crippen LogP contribution >= 0.6 is 11.3 Å². The third-order valence-electron chi connectivity index (χ3n) is 8.63. The molecule has 0 saturated carbocycles. The van der Waals surface area contributed by atoms with Crippen LogP contribution in [0, 0.1) is 0 Å². The Bertz CT molecular complexity index is 2300. The van der Waals surface area contributed by atoms with Gasteiger partial charge in [0.2, 0.25) is 0 Å². The molecule has 0 unspecified atom stereocenters. The summed E-state index contributed by atoms with van der Waals surface area (Å²) in [5.41, 5.74) is 5.03. The Labute approximate surface area is 241 Å². The van der Waals surface area contributed by atoms with Gasteiger partial charge in [-0.05, 0) is 102 Å². The molecule has 0 N–H and O–H groups in total. The van der Waals surface area contributed by atoms with Crippen molar-refractivity contribution in [3.05, 3.63) is 146 Å². The zero-order valence-electron chi connectivity index (χ0n) is 22.3. The number of fused-ring (bicyclic) bond motifs is 9. The molecule has 9 aromatic rings. The van der Waals surface area contributed by atoms with Gasteiger partial charge in [-0.1, -0.05) is 109 Å². The van der Waals surface area contributed by atoms with Crippen molar-refractivity contribution in [2.45, 2.75) is 0 Å². The predicted octanol–water partition coefficient (Wildman–Crippen LogP) is 12.0. The summed E-state index contributed by atoms with van der Waals surface area (Å²) >= 11 is 1.88. The summed E-state index contributed by atoms with van der Waals surface area (Å²) in [6.45, 7) is 0. The second kappa shape index (κ2) is 8.76. The monoisotopic (exact) mass is 536 g/mol. The molecule has 0 bridgehead atoms. The van der Waals surface area contributed by atoms with Gasteiger partial charge in [0.15, 0.2) is 0 Å². The van der Waals surface area contributed by atoms with Crippen LogP contribution in [0.1, 0.15) is 0 Å². The minimum atomic E-state index is 1.26. The molecule has 0 radical (unpaired) electrons. The van der Waals surface area contributed by atoms with Gasteiger partial charge in [-0.3, -0.25) is 0 Å². The van der Waals surface area contributed by atoms with Crippen LogP contribution in [0.2, 0.25) is 0 Å². The van der Waals surface area contributed by atoms with E-state index in [-0.39, 0.29) is 0 Å². The van der Waals surface area contributed by atoms with Gasteiger partial charge in [-0.15, -0.1) is 11.3 Å². The predicted molar refractivity (Wildman–Crippen MR) is 180 cm³/mol. The van der Waals surface area contributed by atoms with Crippen LogP contribution in [-0.2, 0) is 0 Å². The van der Waals surface area contributed by atoms with E-state index in [9.17, 15) is 0 Å². The largest absolute Gasteiger partial charge is 0.135 e. The van der Waals surface area contributed by atoms with Crippen molar-refractivity contribution in [1.82, 2.24) is 0 Å². The fourth-order valence-electron chi connectivity index (χ4n) is 6.50. The van der Waals surface area contributed by atoms with Gasteiger partial charge in [0.1, 0.15) is 0 Å². The van der Waals surface area contributed by atoms with Crippen molar-refractivity contribution < 1.29 is 0 Å². The lowest BCUT2D eigenvalue weighted by Crippen LogP contribution is -1.82. The Hall–Kier alpha value is -4.98. The molecule has 0 atom stereocenters. The number of rotatable bonds is 2. The highest BCUT2D eigenvalue weighted by Gasteiger charge is 2.11. The van der Waals surface area contributed by atoms with Crippen LogP contribution in [-0.4, -0.2) is 0 Å². The van der Waals surface area contributed by atoms with Gasteiger partial charge in [-0.25, -0.2) is 0 Å². The first-order chi connectivity index (χ1) is 20.3. The number of hydrogen-bond donors (Lipinski definition) is 0. The number of benzene rings is 8. The van der Waals surface area contributed by atoms with E-state index in [0.717, 1.165) is 0 Å². The van der Waals surface area contributed by atoms with Crippen LogP contribution in [0.3, 0.4) is 0 Å². The molecule has 41 heavy (non-hydrogen) atoms. The summed E-state index contributed by atoms with van der Waals surface area (Å²) in [5, 5.41) is 13.0. The Balaban J connectivity index is 1.20. The van der Waals surface area contributed by atoms with Crippen molar-refractivity contribution in [3.63, 3.8) is 0 Å². The highest BCUT2D eigenvalue weighted by molar-refractivity contribution is 7.25. The SMILES string of the molecule is c1ccc2c(c1)ccc1ccc(-c3ccc4sc5ccc(-c6ccc7ccc8ccccc8c7c6)cc5c4c3)cc12. The molecule has 190 valence electrons.